The number of halogens is 2. The molecule has 0 fully saturated rings. The highest BCUT2D eigenvalue weighted by Gasteiger charge is 2.30. The van der Waals surface area contributed by atoms with Crippen LogP contribution < -0.4 is 5.32 Å². The Bertz CT molecular complexity index is 532. The number of hydrogen-bond donors (Lipinski definition) is 3. The zero-order valence-corrected chi connectivity index (χ0v) is 13.0. The lowest BCUT2D eigenvalue weighted by atomic mass is 10.1. The van der Waals surface area contributed by atoms with E-state index in [4.69, 9.17) is 28.3 Å². The quantitative estimate of drug-likeness (QED) is 0.714. The van der Waals surface area contributed by atoms with Gasteiger partial charge in [-0.2, -0.15) is 0 Å². The van der Waals surface area contributed by atoms with E-state index in [9.17, 15) is 14.7 Å². The molecule has 1 aromatic carbocycles. The summed E-state index contributed by atoms with van der Waals surface area (Å²) in [5.74, 6) is -1.69. The minimum Gasteiger partial charge on any atom is -0.479 e. The summed E-state index contributed by atoms with van der Waals surface area (Å²) in [6.45, 7) is 0.805. The van der Waals surface area contributed by atoms with Crippen molar-refractivity contribution in [1.29, 1.82) is 0 Å². The Labute approximate surface area is 132 Å². The van der Waals surface area contributed by atoms with Crippen LogP contribution in [0, 0.1) is 0 Å². The highest BCUT2D eigenvalue weighted by molar-refractivity contribution is 6.42. The lowest BCUT2D eigenvalue weighted by Gasteiger charge is -2.18. The first-order chi connectivity index (χ1) is 9.72. The second-order valence-electron chi connectivity index (χ2n) is 4.96. The minimum atomic E-state index is -1.96. The Hall–Kier alpha value is -1.30. The third-order valence-corrected chi connectivity index (χ3v) is 3.68. The molecule has 0 radical (unpaired) electrons. The molecule has 1 rings (SSSR count). The number of carbonyl (C=O) groups is 2. The van der Waals surface area contributed by atoms with Crippen molar-refractivity contribution in [3.8, 4) is 0 Å². The van der Waals surface area contributed by atoms with Crippen molar-refractivity contribution in [3.63, 3.8) is 0 Å². The van der Waals surface area contributed by atoms with E-state index in [1.54, 1.807) is 12.1 Å². The van der Waals surface area contributed by atoms with Crippen molar-refractivity contribution in [2.45, 2.75) is 31.8 Å². The van der Waals surface area contributed by atoms with Gasteiger partial charge in [0.2, 0.25) is 5.91 Å². The number of carboxylic acid groups (broad SMARTS) is 1. The number of hydrogen-bond acceptors (Lipinski definition) is 3. The van der Waals surface area contributed by atoms with Crippen LogP contribution in [0.25, 0.3) is 0 Å². The number of carboxylic acids is 1. The largest absolute Gasteiger partial charge is 0.479 e. The number of rotatable bonds is 7. The molecule has 1 atom stereocenters. The van der Waals surface area contributed by atoms with Crippen molar-refractivity contribution in [2.75, 3.05) is 6.54 Å². The summed E-state index contributed by atoms with van der Waals surface area (Å²) in [5, 5.41) is 21.5. The van der Waals surface area contributed by atoms with Crippen LogP contribution in [0.3, 0.4) is 0 Å². The zero-order chi connectivity index (χ0) is 16.0. The zero-order valence-electron chi connectivity index (χ0n) is 11.5. The molecule has 1 amide bonds. The molecule has 0 bridgehead atoms. The molecule has 0 saturated carbocycles. The summed E-state index contributed by atoms with van der Waals surface area (Å²) < 4.78 is 0. The van der Waals surface area contributed by atoms with Crippen LogP contribution in [-0.4, -0.2) is 34.2 Å². The standard InChI is InChI=1S/C14H17Cl2NO4/c1-14(21,13(19)20)8-17-12(18)4-2-3-9-5-6-10(15)11(16)7-9/h5-7,21H,2-4,8H2,1H3,(H,17,18)(H,19,20). The van der Waals surface area contributed by atoms with Crippen molar-refractivity contribution in [3.05, 3.63) is 33.8 Å². The summed E-state index contributed by atoms with van der Waals surface area (Å²) in [6, 6.07) is 5.28. The number of aliphatic carboxylic acids is 1. The van der Waals surface area contributed by atoms with Crippen LogP contribution in [-0.2, 0) is 16.0 Å². The van der Waals surface area contributed by atoms with Gasteiger partial charge in [-0.3, -0.25) is 4.79 Å². The van der Waals surface area contributed by atoms with E-state index >= 15 is 0 Å². The van der Waals surface area contributed by atoms with E-state index in [0.29, 0.717) is 22.9 Å². The third kappa shape index (κ3) is 5.91. The fourth-order valence-electron chi connectivity index (χ4n) is 1.58. The summed E-state index contributed by atoms with van der Waals surface area (Å²) in [5.41, 5.74) is -0.992. The van der Waals surface area contributed by atoms with Gasteiger partial charge in [-0.05, 0) is 37.5 Å². The molecule has 3 N–H and O–H groups in total. The topological polar surface area (TPSA) is 86.6 Å². The minimum absolute atomic E-state index is 0.232. The highest BCUT2D eigenvalue weighted by atomic mass is 35.5. The van der Waals surface area contributed by atoms with Gasteiger partial charge in [0.15, 0.2) is 5.60 Å². The summed E-state index contributed by atoms with van der Waals surface area (Å²) >= 11 is 11.7. The van der Waals surface area contributed by atoms with Crippen molar-refractivity contribution >= 4 is 35.1 Å². The smallest absolute Gasteiger partial charge is 0.337 e. The molecule has 0 aliphatic rings. The molecule has 0 heterocycles. The maximum Gasteiger partial charge on any atom is 0.337 e. The van der Waals surface area contributed by atoms with E-state index in [0.717, 1.165) is 12.5 Å². The molecular formula is C14H17Cl2NO4. The summed E-state index contributed by atoms with van der Waals surface area (Å²) in [4.78, 5) is 22.2. The molecule has 0 aliphatic carbocycles. The third-order valence-electron chi connectivity index (χ3n) is 2.94. The van der Waals surface area contributed by atoms with Gasteiger partial charge in [0.25, 0.3) is 0 Å². The molecule has 5 nitrogen and oxygen atoms in total. The van der Waals surface area contributed by atoms with Gasteiger partial charge < -0.3 is 15.5 Å². The van der Waals surface area contributed by atoms with E-state index in [1.807, 2.05) is 6.07 Å². The number of aliphatic hydroxyl groups is 1. The van der Waals surface area contributed by atoms with Gasteiger partial charge in [-0.1, -0.05) is 29.3 Å². The SMILES string of the molecule is CC(O)(CNC(=O)CCCc1ccc(Cl)c(Cl)c1)C(=O)O. The average Bonchev–Trinajstić information content (AvgIpc) is 2.40. The molecule has 1 aromatic rings. The fourth-order valence-corrected chi connectivity index (χ4v) is 1.90. The maximum absolute atomic E-state index is 11.6. The first-order valence-electron chi connectivity index (χ1n) is 6.39. The second-order valence-corrected chi connectivity index (χ2v) is 5.77. The number of benzene rings is 1. The molecule has 21 heavy (non-hydrogen) atoms. The fraction of sp³-hybridized carbons (Fsp3) is 0.429. The van der Waals surface area contributed by atoms with Gasteiger partial charge in [0.05, 0.1) is 16.6 Å². The molecule has 116 valence electrons. The van der Waals surface area contributed by atoms with Crippen molar-refractivity contribution < 1.29 is 19.8 Å². The van der Waals surface area contributed by atoms with Crippen LogP contribution in [0.1, 0.15) is 25.3 Å². The van der Waals surface area contributed by atoms with E-state index in [-0.39, 0.29) is 18.9 Å². The van der Waals surface area contributed by atoms with E-state index < -0.39 is 11.6 Å². The average molecular weight is 334 g/mol. The lowest BCUT2D eigenvalue weighted by Crippen LogP contribution is -2.46. The van der Waals surface area contributed by atoms with Crippen LogP contribution >= 0.6 is 23.2 Å². The summed E-state index contributed by atoms with van der Waals surface area (Å²) in [6.07, 6.45) is 1.47. The van der Waals surface area contributed by atoms with Gasteiger partial charge in [0, 0.05) is 6.42 Å². The number of nitrogens with one attached hydrogen (secondary N) is 1. The molecule has 0 aromatic heterocycles. The maximum atomic E-state index is 11.6. The van der Waals surface area contributed by atoms with Crippen molar-refractivity contribution in [1.82, 2.24) is 5.32 Å². The highest BCUT2D eigenvalue weighted by Crippen LogP contribution is 2.23. The predicted molar refractivity (Wildman–Crippen MR) is 80.7 cm³/mol. The van der Waals surface area contributed by atoms with E-state index in [2.05, 4.69) is 5.32 Å². The van der Waals surface area contributed by atoms with Crippen molar-refractivity contribution in [2.24, 2.45) is 0 Å². The Morgan fingerprint density at radius 3 is 2.52 bits per heavy atom. The molecular weight excluding hydrogens is 317 g/mol. The second kappa shape index (κ2) is 7.64. The lowest BCUT2D eigenvalue weighted by molar-refractivity contribution is -0.156. The normalized spacial score (nSPS) is 13.5. The molecule has 0 spiro atoms. The van der Waals surface area contributed by atoms with Gasteiger partial charge in [0.1, 0.15) is 0 Å². The Kier molecular flexibility index (Phi) is 6.45. The molecule has 0 aliphatic heterocycles. The molecule has 0 saturated heterocycles. The van der Waals surface area contributed by atoms with Crippen LogP contribution in [0.4, 0.5) is 0 Å². The Morgan fingerprint density at radius 1 is 1.29 bits per heavy atom. The molecule has 7 heteroatoms. The van der Waals surface area contributed by atoms with Gasteiger partial charge in [-0.15, -0.1) is 0 Å². The Balaban J connectivity index is 2.34. The van der Waals surface area contributed by atoms with E-state index in [1.165, 1.54) is 0 Å². The van der Waals surface area contributed by atoms with Gasteiger partial charge in [-0.25, -0.2) is 4.79 Å². The number of amides is 1. The number of carbonyl (C=O) groups excluding carboxylic acids is 1. The monoisotopic (exact) mass is 333 g/mol. The van der Waals surface area contributed by atoms with Gasteiger partial charge >= 0.3 is 5.97 Å². The first kappa shape index (κ1) is 17.8. The molecule has 1 unspecified atom stereocenters. The first-order valence-corrected chi connectivity index (χ1v) is 7.14. The number of aryl methyl sites for hydroxylation is 1. The summed E-state index contributed by atoms with van der Waals surface area (Å²) in [7, 11) is 0. The van der Waals surface area contributed by atoms with Crippen LogP contribution in [0.2, 0.25) is 10.0 Å². The Morgan fingerprint density at radius 2 is 1.95 bits per heavy atom. The van der Waals surface area contributed by atoms with Crippen LogP contribution in [0.5, 0.6) is 0 Å². The van der Waals surface area contributed by atoms with Crippen LogP contribution in [0.15, 0.2) is 18.2 Å². The predicted octanol–water partition coefficient (Wildman–Crippen LogP) is 2.27.